The van der Waals surface area contributed by atoms with Crippen molar-refractivity contribution in [1.82, 2.24) is 5.32 Å². The number of amides is 2. The first-order chi connectivity index (χ1) is 11.0. The van der Waals surface area contributed by atoms with Gasteiger partial charge in [-0.15, -0.1) is 11.8 Å². The zero-order valence-electron chi connectivity index (χ0n) is 12.7. The summed E-state index contributed by atoms with van der Waals surface area (Å²) in [6.07, 6.45) is 1.05. The number of anilines is 1. The van der Waals surface area contributed by atoms with Gasteiger partial charge >= 0.3 is 5.97 Å². The Morgan fingerprint density at radius 2 is 2.13 bits per heavy atom. The quantitative estimate of drug-likeness (QED) is 0.801. The average molecular weight is 334 g/mol. The van der Waals surface area contributed by atoms with E-state index >= 15 is 0 Å². The number of carbonyl (C=O) groups excluding carboxylic acids is 3. The van der Waals surface area contributed by atoms with Crippen molar-refractivity contribution in [1.29, 1.82) is 0 Å². The fraction of sp³-hybridized carbons (Fsp3) is 0.438. The van der Waals surface area contributed by atoms with Gasteiger partial charge in [0.05, 0.1) is 17.4 Å². The lowest BCUT2D eigenvalue weighted by Gasteiger charge is -2.23. The number of nitrogens with one attached hydrogen (secondary N) is 2. The molecule has 2 atom stereocenters. The summed E-state index contributed by atoms with van der Waals surface area (Å²) in [4.78, 5) is 36.7. The third-order valence-corrected chi connectivity index (χ3v) is 4.94. The van der Waals surface area contributed by atoms with Gasteiger partial charge in [-0.05, 0) is 31.9 Å². The Morgan fingerprint density at radius 1 is 1.39 bits per heavy atom. The third-order valence-electron chi connectivity index (χ3n) is 3.66. The van der Waals surface area contributed by atoms with Crippen molar-refractivity contribution < 1.29 is 19.1 Å². The summed E-state index contributed by atoms with van der Waals surface area (Å²) < 4.78 is 5.14. The van der Waals surface area contributed by atoms with E-state index in [1.807, 2.05) is 24.3 Å². The highest BCUT2D eigenvalue weighted by atomic mass is 32.2. The van der Waals surface area contributed by atoms with Gasteiger partial charge in [-0.3, -0.25) is 14.4 Å². The Kier molecular flexibility index (Phi) is 4.56. The van der Waals surface area contributed by atoms with Crippen LogP contribution in [0.3, 0.4) is 0 Å². The molecular formula is C16H18N2O4S. The number of thioether (sulfide) groups is 1. The lowest BCUT2D eigenvalue weighted by atomic mass is 10.2. The molecule has 1 saturated carbocycles. The van der Waals surface area contributed by atoms with Crippen molar-refractivity contribution in [2.75, 3.05) is 5.32 Å². The lowest BCUT2D eigenvalue weighted by molar-refractivity contribution is -0.155. The minimum atomic E-state index is -0.841. The number of benzene rings is 1. The van der Waals surface area contributed by atoms with Crippen molar-refractivity contribution in [3.05, 3.63) is 24.3 Å². The summed E-state index contributed by atoms with van der Waals surface area (Å²) in [6, 6.07) is 7.65. The van der Waals surface area contributed by atoms with E-state index in [0.29, 0.717) is 0 Å². The predicted molar refractivity (Wildman–Crippen MR) is 86.1 cm³/mol. The van der Waals surface area contributed by atoms with Crippen LogP contribution < -0.4 is 10.6 Å². The maximum atomic E-state index is 12.0. The van der Waals surface area contributed by atoms with Gasteiger partial charge in [0, 0.05) is 10.9 Å². The maximum absolute atomic E-state index is 12.0. The Morgan fingerprint density at radius 3 is 2.87 bits per heavy atom. The molecule has 23 heavy (non-hydrogen) atoms. The number of esters is 1. The van der Waals surface area contributed by atoms with Crippen molar-refractivity contribution in [3.63, 3.8) is 0 Å². The monoisotopic (exact) mass is 334 g/mol. The molecule has 0 radical (unpaired) electrons. The molecule has 6 nitrogen and oxygen atoms in total. The number of hydrogen-bond donors (Lipinski definition) is 2. The van der Waals surface area contributed by atoms with Gasteiger partial charge in [-0.1, -0.05) is 12.1 Å². The Balaban J connectivity index is 1.53. The van der Waals surface area contributed by atoms with E-state index in [-0.39, 0.29) is 24.3 Å². The lowest BCUT2D eigenvalue weighted by Crippen LogP contribution is -2.38. The average Bonchev–Trinajstić information content (AvgIpc) is 3.31. The van der Waals surface area contributed by atoms with E-state index in [9.17, 15) is 14.4 Å². The Hall–Kier alpha value is -2.02. The van der Waals surface area contributed by atoms with Crippen LogP contribution in [0.1, 0.15) is 26.2 Å². The first-order valence-electron chi connectivity index (χ1n) is 7.59. The van der Waals surface area contributed by atoms with Crippen molar-refractivity contribution in [2.45, 2.75) is 48.5 Å². The summed E-state index contributed by atoms with van der Waals surface area (Å²) in [5.41, 5.74) is 0.754. The summed E-state index contributed by atoms with van der Waals surface area (Å²) in [5, 5.41) is 5.02. The minimum Gasteiger partial charge on any atom is -0.453 e. The number of hydrogen-bond acceptors (Lipinski definition) is 5. The van der Waals surface area contributed by atoms with Gasteiger partial charge < -0.3 is 15.4 Å². The fourth-order valence-corrected chi connectivity index (χ4v) is 3.32. The normalized spacial score (nSPS) is 20.9. The zero-order valence-corrected chi connectivity index (χ0v) is 13.5. The second-order valence-corrected chi connectivity index (χ2v) is 6.96. The summed E-state index contributed by atoms with van der Waals surface area (Å²) >= 11 is 1.34. The number of carbonyl (C=O) groups is 3. The fourth-order valence-electron chi connectivity index (χ4n) is 2.22. The molecule has 1 heterocycles. The van der Waals surface area contributed by atoms with Crippen LogP contribution in [0.4, 0.5) is 5.69 Å². The molecule has 122 valence electrons. The number of rotatable bonds is 5. The van der Waals surface area contributed by atoms with Crippen LogP contribution in [0.15, 0.2) is 29.2 Å². The molecule has 2 aliphatic rings. The second kappa shape index (κ2) is 6.62. The SMILES string of the molecule is C[C@H](OC(=O)C[C@H]1Sc2ccccc2NC1=O)C(=O)NC1CC1. The largest absolute Gasteiger partial charge is 0.453 e. The highest BCUT2D eigenvalue weighted by Crippen LogP contribution is 2.36. The van der Waals surface area contributed by atoms with Crippen molar-refractivity contribution >= 4 is 35.2 Å². The van der Waals surface area contributed by atoms with Crippen LogP contribution in [-0.4, -0.2) is 35.2 Å². The molecule has 1 fully saturated rings. The molecule has 2 N–H and O–H groups in total. The van der Waals surface area contributed by atoms with Crippen molar-refractivity contribution in [2.24, 2.45) is 0 Å². The smallest absolute Gasteiger partial charge is 0.308 e. The van der Waals surface area contributed by atoms with E-state index in [4.69, 9.17) is 4.74 Å². The molecule has 1 aliphatic heterocycles. The maximum Gasteiger partial charge on any atom is 0.308 e. The van der Waals surface area contributed by atoms with E-state index in [1.165, 1.54) is 11.8 Å². The van der Waals surface area contributed by atoms with Crippen LogP contribution in [0.2, 0.25) is 0 Å². The van der Waals surface area contributed by atoms with Crippen LogP contribution in [0.25, 0.3) is 0 Å². The summed E-state index contributed by atoms with van der Waals surface area (Å²) in [7, 11) is 0. The second-order valence-electron chi connectivity index (χ2n) is 5.71. The minimum absolute atomic E-state index is 0.0636. The first kappa shape index (κ1) is 15.9. The highest BCUT2D eigenvalue weighted by Gasteiger charge is 2.31. The molecule has 0 spiro atoms. The molecule has 0 saturated heterocycles. The van der Waals surface area contributed by atoms with Gasteiger partial charge in [0.15, 0.2) is 6.10 Å². The van der Waals surface area contributed by atoms with E-state index in [1.54, 1.807) is 6.92 Å². The molecule has 0 aromatic heterocycles. The molecule has 2 amide bonds. The topological polar surface area (TPSA) is 84.5 Å². The van der Waals surface area contributed by atoms with E-state index in [0.717, 1.165) is 23.4 Å². The van der Waals surface area contributed by atoms with Crippen LogP contribution in [0, 0.1) is 0 Å². The van der Waals surface area contributed by atoms with Crippen LogP contribution >= 0.6 is 11.8 Å². The summed E-state index contributed by atoms with van der Waals surface area (Å²) in [6.45, 7) is 1.54. The highest BCUT2D eigenvalue weighted by molar-refractivity contribution is 8.01. The Labute approximate surface area is 138 Å². The van der Waals surface area contributed by atoms with Crippen LogP contribution in [0.5, 0.6) is 0 Å². The number of para-hydroxylation sites is 1. The molecule has 1 aliphatic carbocycles. The van der Waals surface area contributed by atoms with Crippen molar-refractivity contribution in [3.8, 4) is 0 Å². The molecule has 1 aromatic rings. The Bertz CT molecular complexity index is 645. The summed E-state index contributed by atoms with van der Waals surface area (Å²) in [5.74, 6) is -1.05. The number of fused-ring (bicyclic) bond motifs is 1. The molecular weight excluding hydrogens is 316 g/mol. The molecule has 3 rings (SSSR count). The first-order valence-corrected chi connectivity index (χ1v) is 8.47. The predicted octanol–water partition coefficient (Wildman–Crippen LogP) is 1.70. The standard InChI is InChI=1S/C16H18N2O4S/c1-9(15(20)17-10-6-7-10)22-14(19)8-13-16(21)18-11-4-2-3-5-12(11)23-13/h2-5,9-10,13H,6-8H2,1H3,(H,17,20)(H,18,21)/t9-,13+/m0/s1. The van der Waals surface area contributed by atoms with E-state index in [2.05, 4.69) is 10.6 Å². The van der Waals surface area contributed by atoms with Crippen LogP contribution in [-0.2, 0) is 19.1 Å². The van der Waals surface area contributed by atoms with E-state index < -0.39 is 17.3 Å². The number of ether oxygens (including phenoxy) is 1. The third kappa shape index (κ3) is 4.04. The molecule has 1 aromatic carbocycles. The molecule has 7 heteroatoms. The van der Waals surface area contributed by atoms with Gasteiger partial charge in [0.2, 0.25) is 5.91 Å². The zero-order chi connectivity index (χ0) is 16.4. The van der Waals surface area contributed by atoms with Gasteiger partial charge in [0.25, 0.3) is 5.91 Å². The van der Waals surface area contributed by atoms with Gasteiger partial charge in [0.1, 0.15) is 0 Å². The van der Waals surface area contributed by atoms with Gasteiger partial charge in [-0.2, -0.15) is 0 Å². The molecule has 0 unspecified atom stereocenters. The van der Waals surface area contributed by atoms with Gasteiger partial charge in [-0.25, -0.2) is 0 Å². The molecule has 0 bridgehead atoms.